The second-order valence-electron chi connectivity index (χ2n) is 5.82. The quantitative estimate of drug-likeness (QED) is 0.611. The molecule has 2 atom stereocenters. The van der Waals surface area contributed by atoms with Gasteiger partial charge in [0, 0.05) is 12.8 Å². The Labute approximate surface area is 113 Å². The average Bonchev–Trinajstić information content (AvgIpc) is 2.53. The van der Waals surface area contributed by atoms with Crippen molar-refractivity contribution >= 4 is 17.8 Å². The molecule has 2 aliphatic rings. The number of amides is 2. The van der Waals surface area contributed by atoms with E-state index in [9.17, 15) is 19.5 Å². The van der Waals surface area contributed by atoms with Gasteiger partial charge in [-0.3, -0.25) is 19.3 Å². The molecule has 2 fully saturated rings. The van der Waals surface area contributed by atoms with Crippen LogP contribution in [0.3, 0.4) is 0 Å². The molecule has 19 heavy (non-hydrogen) atoms. The number of nitrogens with zero attached hydrogens (tertiary/aromatic N) is 1. The molecule has 1 N–H and O–H groups in total. The highest BCUT2D eigenvalue weighted by molar-refractivity contribution is 5.98. The summed E-state index contributed by atoms with van der Waals surface area (Å²) in [7, 11) is 0. The molecule has 1 heterocycles. The molecule has 106 valence electrons. The van der Waals surface area contributed by atoms with Crippen molar-refractivity contribution in [3.05, 3.63) is 0 Å². The smallest absolute Gasteiger partial charge is 0.308 e. The van der Waals surface area contributed by atoms with Crippen LogP contribution in [0.2, 0.25) is 0 Å². The molecule has 0 aromatic carbocycles. The van der Waals surface area contributed by atoms with Gasteiger partial charge in [0.1, 0.15) is 0 Å². The van der Waals surface area contributed by atoms with E-state index in [4.69, 9.17) is 0 Å². The van der Waals surface area contributed by atoms with Crippen LogP contribution in [0.1, 0.15) is 51.9 Å². The van der Waals surface area contributed by atoms with E-state index in [0.717, 1.165) is 19.3 Å². The van der Waals surface area contributed by atoms with E-state index in [2.05, 4.69) is 0 Å². The summed E-state index contributed by atoms with van der Waals surface area (Å²) in [5.41, 5.74) is 0. The first kappa shape index (κ1) is 14.0. The summed E-state index contributed by atoms with van der Waals surface area (Å²) in [6.45, 7) is 1.88. The molecule has 1 aliphatic heterocycles. The van der Waals surface area contributed by atoms with Crippen molar-refractivity contribution < 1.29 is 19.5 Å². The highest BCUT2D eigenvalue weighted by Crippen LogP contribution is 2.31. The highest BCUT2D eigenvalue weighted by atomic mass is 16.4. The van der Waals surface area contributed by atoms with Crippen LogP contribution in [-0.4, -0.2) is 33.8 Å². The van der Waals surface area contributed by atoms with Crippen molar-refractivity contribution in [1.29, 1.82) is 0 Å². The first-order valence-electron chi connectivity index (χ1n) is 7.08. The number of carboxylic acid groups (broad SMARTS) is 1. The number of hydrogen-bond donors (Lipinski definition) is 1. The Hall–Kier alpha value is -1.39. The fourth-order valence-electron chi connectivity index (χ4n) is 3.26. The van der Waals surface area contributed by atoms with Gasteiger partial charge in [-0.05, 0) is 18.8 Å². The number of aliphatic carboxylic acids is 1. The van der Waals surface area contributed by atoms with Crippen LogP contribution >= 0.6 is 0 Å². The number of carboxylic acids is 1. The molecule has 0 radical (unpaired) electrons. The number of imide groups is 1. The first-order valence-corrected chi connectivity index (χ1v) is 7.08. The van der Waals surface area contributed by atoms with E-state index < -0.39 is 17.9 Å². The molecule has 5 heteroatoms. The Bertz CT molecular complexity index is 375. The van der Waals surface area contributed by atoms with Crippen molar-refractivity contribution in [2.45, 2.75) is 57.9 Å². The Morgan fingerprint density at radius 2 is 1.68 bits per heavy atom. The number of piperidine rings is 1. The maximum absolute atomic E-state index is 12.1. The van der Waals surface area contributed by atoms with Crippen molar-refractivity contribution in [2.24, 2.45) is 11.8 Å². The van der Waals surface area contributed by atoms with E-state index in [-0.39, 0.29) is 17.7 Å². The van der Waals surface area contributed by atoms with Gasteiger partial charge in [-0.1, -0.05) is 26.2 Å². The van der Waals surface area contributed by atoms with Gasteiger partial charge in [0.2, 0.25) is 11.8 Å². The number of likely N-dealkylation sites (tertiary alicyclic amines) is 1. The summed E-state index contributed by atoms with van der Waals surface area (Å²) in [5, 5.41) is 9.34. The fourth-order valence-corrected chi connectivity index (χ4v) is 3.26. The molecule has 2 amide bonds. The third-order valence-corrected chi connectivity index (χ3v) is 4.21. The van der Waals surface area contributed by atoms with Crippen LogP contribution in [0, 0.1) is 11.8 Å². The lowest BCUT2D eigenvalue weighted by molar-refractivity contribution is -0.157. The monoisotopic (exact) mass is 267 g/mol. The second-order valence-corrected chi connectivity index (χ2v) is 5.82. The van der Waals surface area contributed by atoms with Crippen LogP contribution in [0.15, 0.2) is 0 Å². The van der Waals surface area contributed by atoms with Crippen LogP contribution in [0.25, 0.3) is 0 Å². The molecular weight excluding hydrogens is 246 g/mol. The molecule has 0 aromatic rings. The largest absolute Gasteiger partial charge is 0.481 e. The van der Waals surface area contributed by atoms with Gasteiger partial charge in [0.25, 0.3) is 0 Å². The Balaban J connectivity index is 2.22. The highest BCUT2D eigenvalue weighted by Gasteiger charge is 2.41. The second kappa shape index (κ2) is 5.72. The van der Waals surface area contributed by atoms with Gasteiger partial charge < -0.3 is 5.11 Å². The summed E-state index contributed by atoms with van der Waals surface area (Å²) < 4.78 is 0. The summed E-state index contributed by atoms with van der Waals surface area (Å²) in [5.74, 6) is -1.79. The van der Waals surface area contributed by atoms with Gasteiger partial charge >= 0.3 is 5.97 Å². The lowest BCUT2D eigenvalue weighted by Gasteiger charge is -2.37. The molecule has 5 nitrogen and oxygen atoms in total. The van der Waals surface area contributed by atoms with E-state index in [1.54, 1.807) is 0 Å². The van der Waals surface area contributed by atoms with Gasteiger partial charge in [-0.15, -0.1) is 0 Å². The minimum atomic E-state index is -0.883. The minimum absolute atomic E-state index is 0.0744. The molecule has 1 saturated heterocycles. The summed E-state index contributed by atoms with van der Waals surface area (Å²) in [4.78, 5) is 36.9. The van der Waals surface area contributed by atoms with Crippen LogP contribution in [-0.2, 0) is 14.4 Å². The molecule has 0 aromatic heterocycles. The molecule has 2 rings (SSSR count). The third-order valence-electron chi connectivity index (χ3n) is 4.21. The van der Waals surface area contributed by atoms with Gasteiger partial charge in [0.15, 0.2) is 0 Å². The van der Waals surface area contributed by atoms with E-state index in [1.165, 1.54) is 4.90 Å². The molecule has 0 spiro atoms. The van der Waals surface area contributed by atoms with Crippen molar-refractivity contribution in [3.63, 3.8) is 0 Å². The maximum atomic E-state index is 12.1. The minimum Gasteiger partial charge on any atom is -0.481 e. The van der Waals surface area contributed by atoms with Crippen LogP contribution < -0.4 is 0 Å². The number of rotatable bonds is 2. The van der Waals surface area contributed by atoms with Crippen molar-refractivity contribution in [1.82, 2.24) is 4.90 Å². The topological polar surface area (TPSA) is 74.7 Å². The maximum Gasteiger partial charge on any atom is 0.308 e. The van der Waals surface area contributed by atoms with Crippen LogP contribution in [0.5, 0.6) is 0 Å². The number of carbonyl (C=O) groups excluding carboxylic acids is 2. The Kier molecular flexibility index (Phi) is 4.22. The Morgan fingerprint density at radius 1 is 1.11 bits per heavy atom. The predicted molar refractivity (Wildman–Crippen MR) is 68.2 cm³/mol. The zero-order chi connectivity index (χ0) is 14.0. The zero-order valence-electron chi connectivity index (χ0n) is 11.3. The summed E-state index contributed by atoms with van der Waals surface area (Å²) in [6.07, 6.45) is 4.63. The molecular formula is C14H21NO4. The standard InChI is InChI=1S/C14H21NO4/c1-9-7-12(16)15(13(17)8-9)11-6-4-2-3-5-10(11)14(18)19/h9-11H,2-8H2,1H3,(H,18,19). The fraction of sp³-hybridized carbons (Fsp3) is 0.786. The number of carbonyl (C=O) groups is 3. The summed E-state index contributed by atoms with van der Waals surface area (Å²) >= 11 is 0. The van der Waals surface area contributed by atoms with Gasteiger partial charge in [-0.25, -0.2) is 0 Å². The van der Waals surface area contributed by atoms with Crippen LogP contribution in [0.4, 0.5) is 0 Å². The number of hydrogen-bond acceptors (Lipinski definition) is 3. The predicted octanol–water partition coefficient (Wildman–Crippen LogP) is 1.81. The SMILES string of the molecule is CC1CC(=O)N(C2CCCCCC2C(=O)O)C(=O)C1. The zero-order valence-corrected chi connectivity index (χ0v) is 11.3. The van der Waals surface area contributed by atoms with Crippen molar-refractivity contribution in [3.8, 4) is 0 Å². The molecule has 0 bridgehead atoms. The lowest BCUT2D eigenvalue weighted by atomic mass is 9.89. The van der Waals surface area contributed by atoms with Gasteiger partial charge in [-0.2, -0.15) is 0 Å². The normalized spacial score (nSPS) is 30.3. The first-order chi connectivity index (χ1) is 9.00. The Morgan fingerprint density at radius 3 is 2.26 bits per heavy atom. The van der Waals surface area contributed by atoms with E-state index in [0.29, 0.717) is 25.7 Å². The molecule has 2 unspecified atom stereocenters. The third kappa shape index (κ3) is 2.96. The summed E-state index contributed by atoms with van der Waals surface area (Å²) in [6, 6.07) is -0.438. The lowest BCUT2D eigenvalue weighted by Crippen LogP contribution is -2.52. The van der Waals surface area contributed by atoms with E-state index in [1.807, 2.05) is 6.92 Å². The van der Waals surface area contributed by atoms with Gasteiger partial charge in [0.05, 0.1) is 12.0 Å². The van der Waals surface area contributed by atoms with Crippen molar-refractivity contribution in [2.75, 3.05) is 0 Å². The average molecular weight is 267 g/mol. The van der Waals surface area contributed by atoms with E-state index >= 15 is 0 Å². The molecule has 1 aliphatic carbocycles. The molecule has 1 saturated carbocycles.